The molecule has 7 heteroatoms. The van der Waals surface area contributed by atoms with E-state index in [1.165, 1.54) is 0 Å². The Morgan fingerprint density at radius 2 is 1.95 bits per heavy atom. The van der Waals surface area contributed by atoms with Gasteiger partial charge in [0, 0.05) is 24.8 Å². The van der Waals surface area contributed by atoms with Crippen molar-refractivity contribution in [3.05, 3.63) is 12.0 Å². The minimum atomic E-state index is -3.62. The summed E-state index contributed by atoms with van der Waals surface area (Å²) in [5, 5.41) is 0.0962. The monoisotopic (exact) mass is 314 g/mol. The molecule has 0 unspecified atom stereocenters. The van der Waals surface area contributed by atoms with Crippen molar-refractivity contribution in [1.29, 1.82) is 0 Å². The number of sulfonamides is 1. The van der Waals surface area contributed by atoms with Crippen LogP contribution in [0, 0.1) is 6.92 Å². The Morgan fingerprint density at radius 3 is 2.43 bits per heavy atom. The molecule has 1 aromatic rings. The number of aryl methyl sites for hydroxylation is 2. The number of hydrogen-bond donors (Lipinski definition) is 2. The van der Waals surface area contributed by atoms with Gasteiger partial charge >= 0.3 is 0 Å². The summed E-state index contributed by atoms with van der Waals surface area (Å²) in [5.74, 6) is 0.709. The van der Waals surface area contributed by atoms with Crippen molar-refractivity contribution >= 4 is 10.0 Å². The number of nitrogens with two attached hydrogens (primary N) is 1. The number of hydrogen-bond acceptors (Lipinski definition) is 4. The van der Waals surface area contributed by atoms with Crippen molar-refractivity contribution in [3.8, 4) is 0 Å². The van der Waals surface area contributed by atoms with Gasteiger partial charge in [0.25, 0.3) is 10.0 Å². The molecule has 1 aromatic heterocycles. The summed E-state index contributed by atoms with van der Waals surface area (Å²) in [6.45, 7) is 4.81. The van der Waals surface area contributed by atoms with Gasteiger partial charge in [0.1, 0.15) is 5.82 Å². The van der Waals surface area contributed by atoms with E-state index < -0.39 is 15.6 Å². The van der Waals surface area contributed by atoms with E-state index in [1.54, 1.807) is 6.20 Å². The second-order valence-corrected chi connectivity index (χ2v) is 7.55. The van der Waals surface area contributed by atoms with E-state index in [1.807, 2.05) is 18.4 Å². The zero-order valence-corrected chi connectivity index (χ0v) is 13.7. The lowest BCUT2D eigenvalue weighted by atomic mass is 9.92. The van der Waals surface area contributed by atoms with Crippen molar-refractivity contribution in [1.82, 2.24) is 14.3 Å². The second-order valence-electron chi connectivity index (χ2n) is 5.92. The fourth-order valence-corrected chi connectivity index (χ4v) is 4.50. The molecular weight excluding hydrogens is 288 g/mol. The Morgan fingerprint density at radius 1 is 1.33 bits per heavy atom. The lowest BCUT2D eigenvalue weighted by Crippen LogP contribution is -2.53. The average molecular weight is 314 g/mol. The maximum atomic E-state index is 12.6. The van der Waals surface area contributed by atoms with Gasteiger partial charge in [-0.15, -0.1) is 0 Å². The first-order valence-corrected chi connectivity index (χ1v) is 9.18. The topological polar surface area (TPSA) is 90.0 Å². The molecule has 0 aliphatic heterocycles. The lowest BCUT2D eigenvalue weighted by molar-refractivity contribution is 0.342. The second kappa shape index (κ2) is 6.46. The van der Waals surface area contributed by atoms with Gasteiger partial charge in [-0.05, 0) is 26.7 Å². The number of nitrogens with zero attached hydrogens (tertiary/aromatic N) is 2. The van der Waals surface area contributed by atoms with E-state index in [9.17, 15) is 8.42 Å². The third kappa shape index (κ3) is 3.64. The van der Waals surface area contributed by atoms with Gasteiger partial charge in [0.15, 0.2) is 5.03 Å². The van der Waals surface area contributed by atoms with Crippen molar-refractivity contribution in [2.24, 2.45) is 5.73 Å². The van der Waals surface area contributed by atoms with E-state index in [2.05, 4.69) is 9.71 Å². The highest BCUT2D eigenvalue weighted by Crippen LogP contribution is 2.28. The molecular formula is C14H26N4O2S. The van der Waals surface area contributed by atoms with E-state index in [4.69, 9.17) is 5.73 Å². The van der Waals surface area contributed by atoms with E-state index in [0.29, 0.717) is 18.9 Å². The van der Waals surface area contributed by atoms with Gasteiger partial charge in [-0.3, -0.25) is 0 Å². The third-order valence-electron chi connectivity index (χ3n) is 4.37. The molecule has 120 valence electrons. The molecule has 0 spiro atoms. The first kappa shape index (κ1) is 16.5. The zero-order chi connectivity index (χ0) is 15.5. The molecule has 1 fully saturated rings. The van der Waals surface area contributed by atoms with Crippen LogP contribution in [-0.2, 0) is 16.6 Å². The molecule has 21 heavy (non-hydrogen) atoms. The Balaban J connectivity index is 2.25. The Hall–Kier alpha value is -0.920. The van der Waals surface area contributed by atoms with Crippen LogP contribution in [0.3, 0.4) is 0 Å². The summed E-state index contributed by atoms with van der Waals surface area (Å²) in [7, 11) is -3.62. The molecule has 0 amide bonds. The molecule has 0 saturated heterocycles. The van der Waals surface area contributed by atoms with Gasteiger partial charge < -0.3 is 10.3 Å². The van der Waals surface area contributed by atoms with Gasteiger partial charge in [-0.1, -0.05) is 25.7 Å². The molecule has 0 aromatic carbocycles. The van der Waals surface area contributed by atoms with Crippen molar-refractivity contribution < 1.29 is 8.42 Å². The Bertz CT molecular complexity index is 572. The Labute approximate surface area is 127 Å². The van der Waals surface area contributed by atoms with Crippen LogP contribution < -0.4 is 10.5 Å². The van der Waals surface area contributed by atoms with Gasteiger partial charge in [0.2, 0.25) is 0 Å². The minimum Gasteiger partial charge on any atom is -0.334 e. The minimum absolute atomic E-state index is 0.0962. The van der Waals surface area contributed by atoms with E-state index >= 15 is 0 Å². The van der Waals surface area contributed by atoms with Crippen LogP contribution in [0.2, 0.25) is 0 Å². The largest absolute Gasteiger partial charge is 0.334 e. The van der Waals surface area contributed by atoms with Gasteiger partial charge in [-0.2, -0.15) is 0 Å². The summed E-state index contributed by atoms with van der Waals surface area (Å²) in [6, 6.07) is 0. The number of nitrogens with one attached hydrogen (secondary N) is 1. The lowest BCUT2D eigenvalue weighted by Gasteiger charge is -2.31. The van der Waals surface area contributed by atoms with Crippen LogP contribution in [0.4, 0.5) is 0 Å². The first-order valence-electron chi connectivity index (χ1n) is 7.70. The molecule has 1 aliphatic rings. The van der Waals surface area contributed by atoms with Crippen LogP contribution in [0.1, 0.15) is 51.3 Å². The molecule has 0 radical (unpaired) electrons. The van der Waals surface area contributed by atoms with E-state index in [0.717, 1.165) is 38.5 Å². The number of rotatable bonds is 5. The smallest absolute Gasteiger partial charge is 0.260 e. The third-order valence-corrected chi connectivity index (χ3v) is 5.82. The molecule has 3 N–H and O–H groups in total. The molecule has 6 nitrogen and oxygen atoms in total. The zero-order valence-electron chi connectivity index (χ0n) is 12.9. The van der Waals surface area contributed by atoms with Crippen LogP contribution in [0.15, 0.2) is 11.2 Å². The Kier molecular flexibility index (Phi) is 5.06. The quantitative estimate of drug-likeness (QED) is 0.807. The SMILES string of the molecule is CCn1cc(S(=O)(=O)NC2(CN)CCCCCC2)nc1C. The molecule has 2 rings (SSSR count). The molecule has 0 bridgehead atoms. The van der Waals surface area contributed by atoms with Crippen LogP contribution in [-0.4, -0.2) is 30.1 Å². The average Bonchev–Trinajstić information content (AvgIpc) is 2.69. The highest BCUT2D eigenvalue weighted by Gasteiger charge is 2.35. The fraction of sp³-hybridized carbons (Fsp3) is 0.786. The summed E-state index contributed by atoms with van der Waals surface area (Å²) < 4.78 is 29.9. The molecule has 1 heterocycles. The molecule has 0 atom stereocenters. The normalized spacial score (nSPS) is 19.4. The summed E-state index contributed by atoms with van der Waals surface area (Å²) >= 11 is 0. The summed E-state index contributed by atoms with van der Waals surface area (Å²) in [5.41, 5.74) is 5.39. The predicted molar refractivity (Wildman–Crippen MR) is 82.4 cm³/mol. The highest BCUT2D eigenvalue weighted by atomic mass is 32.2. The van der Waals surface area contributed by atoms with E-state index in [-0.39, 0.29) is 5.03 Å². The van der Waals surface area contributed by atoms with Crippen LogP contribution >= 0.6 is 0 Å². The summed E-state index contributed by atoms with van der Waals surface area (Å²) in [6.07, 6.45) is 7.52. The maximum Gasteiger partial charge on any atom is 0.260 e. The fourth-order valence-electron chi connectivity index (χ4n) is 3.02. The highest BCUT2D eigenvalue weighted by molar-refractivity contribution is 7.89. The standard InChI is InChI=1S/C14H26N4O2S/c1-3-18-10-13(16-12(18)2)21(19,20)17-14(11-15)8-6-4-5-7-9-14/h10,17H,3-9,11,15H2,1-2H3. The van der Waals surface area contributed by atoms with Crippen molar-refractivity contribution in [2.45, 2.75) is 69.5 Å². The van der Waals surface area contributed by atoms with Gasteiger partial charge in [0.05, 0.1) is 0 Å². The summed E-state index contributed by atoms with van der Waals surface area (Å²) in [4.78, 5) is 4.18. The first-order chi connectivity index (χ1) is 9.92. The van der Waals surface area contributed by atoms with Crippen LogP contribution in [0.5, 0.6) is 0 Å². The molecule has 1 saturated carbocycles. The van der Waals surface area contributed by atoms with Crippen molar-refractivity contribution in [3.63, 3.8) is 0 Å². The maximum absolute atomic E-state index is 12.6. The van der Waals surface area contributed by atoms with Crippen molar-refractivity contribution in [2.75, 3.05) is 6.54 Å². The number of imidazole rings is 1. The molecule has 1 aliphatic carbocycles. The predicted octanol–water partition coefficient (Wildman–Crippen LogP) is 1.54. The number of aromatic nitrogens is 2. The van der Waals surface area contributed by atoms with Crippen LogP contribution in [0.25, 0.3) is 0 Å². The van der Waals surface area contributed by atoms with Gasteiger partial charge in [-0.25, -0.2) is 18.1 Å².